The van der Waals surface area contributed by atoms with E-state index in [1.807, 2.05) is 20.8 Å². The maximum atomic E-state index is 12.2. The van der Waals surface area contributed by atoms with Gasteiger partial charge in [-0.3, -0.25) is 9.36 Å². The highest BCUT2D eigenvalue weighted by Crippen LogP contribution is 2.26. The number of rotatable bonds is 3. The Hall–Kier alpha value is -1.76. The zero-order chi connectivity index (χ0) is 15.7. The third kappa shape index (κ3) is 3.04. The zero-order valence-electron chi connectivity index (χ0n) is 13.2. The minimum absolute atomic E-state index is 0.0923. The first kappa shape index (κ1) is 15.1. The van der Waals surface area contributed by atoms with Crippen LogP contribution in [0.1, 0.15) is 29.1 Å². The molecule has 0 atom stereocenters. The van der Waals surface area contributed by atoms with Crippen molar-refractivity contribution in [2.24, 2.45) is 5.92 Å². The lowest BCUT2D eigenvalue weighted by Gasteiger charge is -2.31. The summed E-state index contributed by atoms with van der Waals surface area (Å²) in [5.74, 6) is 0.520. The van der Waals surface area contributed by atoms with Crippen molar-refractivity contribution in [3.8, 4) is 0 Å². The van der Waals surface area contributed by atoms with Crippen LogP contribution in [-0.4, -0.2) is 32.8 Å². The summed E-state index contributed by atoms with van der Waals surface area (Å²) < 4.78 is 1.76. The van der Waals surface area contributed by atoms with Gasteiger partial charge in [0.2, 0.25) is 5.13 Å². The molecule has 1 fully saturated rings. The first-order valence-corrected chi connectivity index (χ1v) is 8.44. The van der Waals surface area contributed by atoms with Crippen molar-refractivity contribution in [2.45, 2.75) is 40.2 Å². The number of piperidine rings is 1. The van der Waals surface area contributed by atoms with Crippen LogP contribution >= 0.6 is 11.3 Å². The molecule has 118 valence electrons. The van der Waals surface area contributed by atoms with Crippen molar-refractivity contribution in [3.05, 3.63) is 32.9 Å². The van der Waals surface area contributed by atoms with Gasteiger partial charge in [0.15, 0.2) is 0 Å². The number of aryl methyl sites for hydroxylation is 2. The van der Waals surface area contributed by atoms with E-state index in [0.29, 0.717) is 5.92 Å². The van der Waals surface area contributed by atoms with Gasteiger partial charge in [0, 0.05) is 30.9 Å². The van der Waals surface area contributed by atoms with Crippen LogP contribution in [0.2, 0.25) is 0 Å². The normalized spacial score (nSPS) is 16.2. The SMILES string of the molecule is Cc1nnc(N2CCC(Cn3cnc(C)c(C)c3=O)CC2)s1. The van der Waals surface area contributed by atoms with E-state index < -0.39 is 0 Å². The van der Waals surface area contributed by atoms with Crippen molar-refractivity contribution in [1.82, 2.24) is 19.7 Å². The van der Waals surface area contributed by atoms with Crippen LogP contribution in [0.25, 0.3) is 0 Å². The number of aromatic nitrogens is 4. The molecule has 22 heavy (non-hydrogen) atoms. The van der Waals surface area contributed by atoms with Gasteiger partial charge >= 0.3 is 0 Å². The van der Waals surface area contributed by atoms with E-state index in [2.05, 4.69) is 20.1 Å². The van der Waals surface area contributed by atoms with E-state index in [4.69, 9.17) is 0 Å². The summed E-state index contributed by atoms with van der Waals surface area (Å²) in [5.41, 5.74) is 1.67. The highest BCUT2D eigenvalue weighted by molar-refractivity contribution is 7.15. The predicted molar refractivity (Wildman–Crippen MR) is 87.6 cm³/mol. The Morgan fingerprint density at radius 3 is 2.59 bits per heavy atom. The maximum Gasteiger partial charge on any atom is 0.256 e. The van der Waals surface area contributed by atoms with Crippen molar-refractivity contribution < 1.29 is 0 Å². The molecule has 0 saturated carbocycles. The van der Waals surface area contributed by atoms with E-state index in [9.17, 15) is 4.79 Å². The summed E-state index contributed by atoms with van der Waals surface area (Å²) in [6.07, 6.45) is 3.82. The quantitative estimate of drug-likeness (QED) is 0.865. The molecule has 1 aliphatic rings. The topological polar surface area (TPSA) is 63.9 Å². The van der Waals surface area contributed by atoms with Gasteiger partial charge in [-0.1, -0.05) is 11.3 Å². The molecule has 1 aliphatic heterocycles. The number of hydrogen-bond donors (Lipinski definition) is 0. The largest absolute Gasteiger partial charge is 0.347 e. The van der Waals surface area contributed by atoms with Crippen LogP contribution in [0.15, 0.2) is 11.1 Å². The lowest BCUT2D eigenvalue weighted by molar-refractivity contribution is 0.350. The first-order chi connectivity index (χ1) is 10.5. The van der Waals surface area contributed by atoms with Gasteiger partial charge in [-0.05, 0) is 39.5 Å². The molecule has 7 heteroatoms. The third-order valence-corrected chi connectivity index (χ3v) is 5.27. The van der Waals surface area contributed by atoms with E-state index in [0.717, 1.165) is 53.9 Å². The average Bonchev–Trinajstić information content (AvgIpc) is 2.95. The molecule has 3 rings (SSSR count). The summed E-state index contributed by atoms with van der Waals surface area (Å²) in [7, 11) is 0. The molecule has 0 unspecified atom stereocenters. The Labute approximate surface area is 133 Å². The van der Waals surface area contributed by atoms with Gasteiger partial charge in [-0.15, -0.1) is 10.2 Å². The molecule has 0 spiro atoms. The van der Waals surface area contributed by atoms with E-state index in [1.54, 1.807) is 22.2 Å². The highest BCUT2D eigenvalue weighted by Gasteiger charge is 2.22. The number of nitrogens with zero attached hydrogens (tertiary/aromatic N) is 5. The Balaban J connectivity index is 1.63. The summed E-state index contributed by atoms with van der Waals surface area (Å²) in [6.45, 7) is 8.42. The number of hydrogen-bond acceptors (Lipinski definition) is 6. The Morgan fingerprint density at radius 2 is 1.95 bits per heavy atom. The van der Waals surface area contributed by atoms with Crippen molar-refractivity contribution in [3.63, 3.8) is 0 Å². The van der Waals surface area contributed by atoms with E-state index >= 15 is 0 Å². The van der Waals surface area contributed by atoms with Crippen LogP contribution in [0.3, 0.4) is 0 Å². The Bertz CT molecular complexity index is 715. The summed E-state index contributed by atoms with van der Waals surface area (Å²) in [6, 6.07) is 0. The van der Waals surface area contributed by atoms with Crippen LogP contribution in [0.5, 0.6) is 0 Å². The monoisotopic (exact) mass is 319 g/mol. The fourth-order valence-corrected chi connectivity index (χ4v) is 3.54. The fourth-order valence-electron chi connectivity index (χ4n) is 2.80. The minimum atomic E-state index is 0.0923. The second-order valence-corrected chi connectivity index (χ2v) is 7.11. The second kappa shape index (κ2) is 6.16. The summed E-state index contributed by atoms with van der Waals surface area (Å²) >= 11 is 1.64. The average molecular weight is 319 g/mol. The molecule has 3 heterocycles. The molecule has 1 saturated heterocycles. The Morgan fingerprint density at radius 1 is 1.23 bits per heavy atom. The third-order valence-electron chi connectivity index (χ3n) is 4.37. The number of anilines is 1. The van der Waals surface area contributed by atoms with Gasteiger partial charge in [0.25, 0.3) is 5.56 Å². The molecule has 0 N–H and O–H groups in total. The molecule has 2 aromatic heterocycles. The van der Waals surface area contributed by atoms with Gasteiger partial charge < -0.3 is 4.90 Å². The van der Waals surface area contributed by atoms with Crippen molar-refractivity contribution in [1.29, 1.82) is 0 Å². The molecular formula is C15H21N5OS. The van der Waals surface area contributed by atoms with Gasteiger partial charge in [0.1, 0.15) is 5.01 Å². The van der Waals surface area contributed by atoms with E-state index in [-0.39, 0.29) is 5.56 Å². The smallest absolute Gasteiger partial charge is 0.256 e. The van der Waals surface area contributed by atoms with Crippen LogP contribution < -0.4 is 10.5 Å². The molecule has 0 aromatic carbocycles. The van der Waals surface area contributed by atoms with Gasteiger partial charge in [-0.2, -0.15) is 0 Å². The molecule has 2 aromatic rings. The first-order valence-electron chi connectivity index (χ1n) is 7.62. The van der Waals surface area contributed by atoms with Crippen LogP contribution in [0.4, 0.5) is 5.13 Å². The molecule has 6 nitrogen and oxygen atoms in total. The Kier molecular flexibility index (Phi) is 4.24. The van der Waals surface area contributed by atoms with Gasteiger partial charge in [-0.25, -0.2) is 4.98 Å². The standard InChI is InChI=1S/C15H21N5OS/c1-10-11(2)16-9-20(14(10)21)8-13-4-6-19(7-5-13)15-18-17-12(3)22-15/h9,13H,4-8H2,1-3H3. The molecule has 0 aliphatic carbocycles. The second-order valence-electron chi connectivity index (χ2n) is 5.95. The highest BCUT2D eigenvalue weighted by atomic mass is 32.1. The summed E-state index contributed by atoms with van der Waals surface area (Å²) in [5, 5.41) is 10.3. The molecular weight excluding hydrogens is 298 g/mol. The van der Waals surface area contributed by atoms with Gasteiger partial charge in [0.05, 0.1) is 6.33 Å². The molecule has 0 bridgehead atoms. The lowest BCUT2D eigenvalue weighted by Crippen LogP contribution is -2.36. The van der Waals surface area contributed by atoms with Crippen molar-refractivity contribution >= 4 is 16.5 Å². The van der Waals surface area contributed by atoms with Crippen LogP contribution in [0, 0.1) is 26.7 Å². The minimum Gasteiger partial charge on any atom is -0.347 e. The predicted octanol–water partition coefficient (Wildman–Crippen LogP) is 1.94. The van der Waals surface area contributed by atoms with Crippen LogP contribution in [-0.2, 0) is 6.54 Å². The van der Waals surface area contributed by atoms with Crippen molar-refractivity contribution in [2.75, 3.05) is 18.0 Å². The maximum absolute atomic E-state index is 12.2. The lowest BCUT2D eigenvalue weighted by atomic mass is 9.97. The fraction of sp³-hybridized carbons (Fsp3) is 0.600. The zero-order valence-corrected chi connectivity index (χ0v) is 14.1. The van der Waals surface area contributed by atoms with E-state index in [1.165, 1.54) is 0 Å². The molecule has 0 radical (unpaired) electrons. The molecule has 0 amide bonds. The summed E-state index contributed by atoms with van der Waals surface area (Å²) in [4.78, 5) is 18.8.